The highest BCUT2D eigenvalue weighted by molar-refractivity contribution is 6.23. The summed E-state index contributed by atoms with van der Waals surface area (Å²) in [5.74, 6) is 0. The summed E-state index contributed by atoms with van der Waals surface area (Å²) < 4.78 is 12.7. The minimum atomic E-state index is 0.902. The summed E-state index contributed by atoms with van der Waals surface area (Å²) in [6.45, 7) is 0. The molecule has 46 heavy (non-hydrogen) atoms. The fourth-order valence-electron chi connectivity index (χ4n) is 7.55. The first-order valence-corrected chi connectivity index (χ1v) is 15.7. The molecule has 0 aliphatic heterocycles. The highest BCUT2D eigenvalue weighted by atomic mass is 16.3. The topological polar surface area (TPSA) is 26.3 Å². The van der Waals surface area contributed by atoms with Crippen LogP contribution in [0.15, 0.2) is 167 Å². The molecule has 0 spiro atoms. The van der Waals surface area contributed by atoms with Gasteiger partial charge in [-0.05, 0) is 85.3 Å². The van der Waals surface area contributed by atoms with E-state index in [2.05, 4.69) is 146 Å². The Labute approximate surface area is 264 Å². The predicted octanol–water partition coefficient (Wildman–Crippen LogP) is 12.8. The second kappa shape index (κ2) is 9.69. The van der Waals surface area contributed by atoms with Crippen molar-refractivity contribution in [2.75, 3.05) is 0 Å². The minimum absolute atomic E-state index is 0.902. The van der Waals surface area contributed by atoms with Gasteiger partial charge in [0.15, 0.2) is 0 Å². The Morgan fingerprint density at radius 2 is 0.696 bits per heavy atom. The summed E-state index contributed by atoms with van der Waals surface area (Å²) in [5, 5.41) is 9.44. The highest BCUT2D eigenvalue weighted by Gasteiger charge is 2.20. The fourth-order valence-corrected chi connectivity index (χ4v) is 7.55. The number of rotatable bonds is 3. The van der Waals surface area contributed by atoms with Crippen LogP contribution in [0.4, 0.5) is 0 Å². The van der Waals surface area contributed by atoms with Crippen molar-refractivity contribution in [2.24, 2.45) is 0 Å². The number of furan rings is 2. The van der Waals surface area contributed by atoms with E-state index in [4.69, 9.17) is 8.83 Å². The van der Waals surface area contributed by atoms with Crippen LogP contribution in [0.25, 0.3) is 98.8 Å². The molecule has 0 aliphatic carbocycles. The molecule has 10 rings (SSSR count). The first-order chi connectivity index (χ1) is 22.8. The molecule has 0 unspecified atom stereocenters. The van der Waals surface area contributed by atoms with Crippen LogP contribution in [0.5, 0.6) is 0 Å². The Hall–Kier alpha value is -6.12. The van der Waals surface area contributed by atoms with E-state index < -0.39 is 0 Å². The van der Waals surface area contributed by atoms with Crippen molar-refractivity contribution >= 4 is 65.4 Å². The molecule has 0 aliphatic rings. The lowest BCUT2D eigenvalue weighted by molar-refractivity contribution is 0.668. The van der Waals surface area contributed by atoms with Gasteiger partial charge in [-0.2, -0.15) is 0 Å². The van der Waals surface area contributed by atoms with Crippen molar-refractivity contribution in [2.45, 2.75) is 0 Å². The third-order valence-electron chi connectivity index (χ3n) is 9.49. The number of benzene rings is 8. The van der Waals surface area contributed by atoms with Gasteiger partial charge in [0.2, 0.25) is 0 Å². The van der Waals surface area contributed by atoms with Crippen molar-refractivity contribution in [3.63, 3.8) is 0 Å². The molecule has 8 aromatic carbocycles. The van der Waals surface area contributed by atoms with E-state index in [1.54, 1.807) is 0 Å². The van der Waals surface area contributed by atoms with Gasteiger partial charge in [-0.25, -0.2) is 0 Å². The van der Waals surface area contributed by atoms with Crippen LogP contribution in [-0.2, 0) is 0 Å². The van der Waals surface area contributed by atoms with Gasteiger partial charge in [-0.15, -0.1) is 0 Å². The van der Waals surface area contributed by atoms with Crippen LogP contribution >= 0.6 is 0 Å². The third-order valence-corrected chi connectivity index (χ3v) is 9.49. The largest absolute Gasteiger partial charge is 0.456 e. The standard InChI is InChI=1S/C44H26O2/c1-2-12-27(13-3-1)42-32-18-8-16-28(30-20-10-24-40-43(30)34-14-4-6-22-38(34)45-40)36(32)26-37-29(17-9-19-33(37)42)31-21-11-25-41-44(31)35-15-5-7-23-39(35)46-41/h1-26H. The molecule has 214 valence electrons. The minimum Gasteiger partial charge on any atom is -0.456 e. The number of para-hydroxylation sites is 2. The first-order valence-electron chi connectivity index (χ1n) is 15.7. The molecule has 2 heteroatoms. The molecule has 0 radical (unpaired) electrons. The molecule has 0 N–H and O–H groups in total. The summed E-state index contributed by atoms with van der Waals surface area (Å²) in [5.41, 5.74) is 10.8. The molecule has 0 atom stereocenters. The van der Waals surface area contributed by atoms with Gasteiger partial charge < -0.3 is 8.83 Å². The summed E-state index contributed by atoms with van der Waals surface area (Å²) in [6, 6.07) is 56.1. The molecule has 2 aromatic heterocycles. The van der Waals surface area contributed by atoms with Crippen molar-refractivity contribution in [3.05, 3.63) is 158 Å². The number of hydrogen-bond donors (Lipinski definition) is 0. The summed E-state index contributed by atoms with van der Waals surface area (Å²) in [4.78, 5) is 0. The van der Waals surface area contributed by atoms with E-state index in [0.29, 0.717) is 0 Å². The molecule has 0 saturated carbocycles. The van der Waals surface area contributed by atoms with E-state index in [1.165, 1.54) is 54.9 Å². The molecule has 0 fully saturated rings. The lowest BCUT2D eigenvalue weighted by Crippen LogP contribution is -1.91. The van der Waals surface area contributed by atoms with E-state index in [-0.39, 0.29) is 0 Å². The molecule has 0 amide bonds. The lowest BCUT2D eigenvalue weighted by Gasteiger charge is -2.18. The van der Waals surface area contributed by atoms with Crippen molar-refractivity contribution in [3.8, 4) is 33.4 Å². The van der Waals surface area contributed by atoms with Crippen molar-refractivity contribution < 1.29 is 8.83 Å². The van der Waals surface area contributed by atoms with Crippen LogP contribution in [0.1, 0.15) is 0 Å². The van der Waals surface area contributed by atoms with Crippen molar-refractivity contribution in [1.29, 1.82) is 0 Å². The Kier molecular flexibility index (Phi) is 5.31. The zero-order chi connectivity index (χ0) is 30.2. The quantitative estimate of drug-likeness (QED) is 0.193. The van der Waals surface area contributed by atoms with E-state index >= 15 is 0 Å². The second-order valence-corrected chi connectivity index (χ2v) is 12.0. The van der Waals surface area contributed by atoms with Gasteiger partial charge in [-0.1, -0.05) is 127 Å². The van der Waals surface area contributed by atoms with Crippen LogP contribution in [0.2, 0.25) is 0 Å². The van der Waals surface area contributed by atoms with Crippen molar-refractivity contribution in [1.82, 2.24) is 0 Å². The Bertz CT molecular complexity index is 2630. The average molecular weight is 587 g/mol. The maximum absolute atomic E-state index is 6.33. The van der Waals surface area contributed by atoms with Gasteiger partial charge in [-0.3, -0.25) is 0 Å². The summed E-state index contributed by atoms with van der Waals surface area (Å²) in [7, 11) is 0. The molecular weight excluding hydrogens is 560 g/mol. The van der Waals surface area contributed by atoms with Crippen LogP contribution in [-0.4, -0.2) is 0 Å². The normalized spacial score (nSPS) is 11.9. The van der Waals surface area contributed by atoms with Crippen LogP contribution in [0, 0.1) is 0 Å². The van der Waals surface area contributed by atoms with E-state index in [1.807, 2.05) is 12.1 Å². The van der Waals surface area contributed by atoms with Crippen LogP contribution < -0.4 is 0 Å². The molecule has 0 bridgehead atoms. The lowest BCUT2D eigenvalue weighted by atomic mass is 9.85. The van der Waals surface area contributed by atoms with Gasteiger partial charge in [0.05, 0.1) is 0 Å². The SMILES string of the molecule is c1ccc(-c2c3cccc(-c4cccc5oc6ccccc6c45)c3cc3c(-c4cccc5oc6ccccc6c45)cccc23)cc1. The maximum atomic E-state index is 6.33. The maximum Gasteiger partial charge on any atom is 0.136 e. The Morgan fingerprint density at radius 3 is 1.24 bits per heavy atom. The first kappa shape index (κ1) is 25.2. The Balaban J connectivity index is 1.37. The smallest absolute Gasteiger partial charge is 0.136 e. The van der Waals surface area contributed by atoms with Gasteiger partial charge in [0, 0.05) is 21.5 Å². The monoisotopic (exact) mass is 586 g/mol. The zero-order valence-electron chi connectivity index (χ0n) is 24.8. The molecule has 2 nitrogen and oxygen atoms in total. The molecule has 0 saturated heterocycles. The van der Waals surface area contributed by atoms with Gasteiger partial charge in [0.1, 0.15) is 22.3 Å². The molecule has 2 heterocycles. The molecular formula is C44H26O2. The Morgan fingerprint density at radius 1 is 0.283 bits per heavy atom. The summed E-state index contributed by atoms with van der Waals surface area (Å²) >= 11 is 0. The second-order valence-electron chi connectivity index (χ2n) is 12.0. The fraction of sp³-hybridized carbons (Fsp3) is 0. The van der Waals surface area contributed by atoms with Gasteiger partial charge >= 0.3 is 0 Å². The number of fused-ring (bicyclic) bond motifs is 8. The number of hydrogen-bond acceptors (Lipinski definition) is 2. The average Bonchev–Trinajstić information content (AvgIpc) is 3.69. The predicted molar refractivity (Wildman–Crippen MR) is 192 cm³/mol. The highest BCUT2D eigenvalue weighted by Crippen LogP contribution is 2.46. The van der Waals surface area contributed by atoms with E-state index in [9.17, 15) is 0 Å². The summed E-state index contributed by atoms with van der Waals surface area (Å²) in [6.07, 6.45) is 0. The zero-order valence-corrected chi connectivity index (χ0v) is 24.8. The van der Waals surface area contributed by atoms with Crippen LogP contribution in [0.3, 0.4) is 0 Å². The molecule has 10 aromatic rings. The third kappa shape index (κ3) is 3.59. The van der Waals surface area contributed by atoms with Gasteiger partial charge in [0.25, 0.3) is 0 Å². The van der Waals surface area contributed by atoms with E-state index in [0.717, 1.165) is 43.9 Å².